The van der Waals surface area contributed by atoms with Crippen LogP contribution in [0.2, 0.25) is 0 Å². The van der Waals surface area contributed by atoms with Crippen LogP contribution in [0.25, 0.3) is 0 Å². The van der Waals surface area contributed by atoms with E-state index in [4.69, 9.17) is 0 Å². The Hall–Kier alpha value is -0.680. The monoisotopic (exact) mass is 241 g/mol. The molecule has 2 atom stereocenters. The van der Waals surface area contributed by atoms with Crippen LogP contribution in [0.3, 0.4) is 0 Å². The summed E-state index contributed by atoms with van der Waals surface area (Å²) in [6, 6.07) is 0.214. The molecule has 1 aromatic rings. The molecule has 1 aliphatic rings. The first kappa shape index (κ1) is 11.8. The molecule has 5 heteroatoms. The van der Waals surface area contributed by atoms with Crippen molar-refractivity contribution >= 4 is 16.7 Å². The van der Waals surface area contributed by atoms with E-state index >= 15 is 0 Å². The second kappa shape index (κ2) is 5.10. The van der Waals surface area contributed by atoms with Gasteiger partial charge in [0.25, 0.3) is 0 Å². The van der Waals surface area contributed by atoms with E-state index in [9.17, 15) is 5.11 Å². The fourth-order valence-electron chi connectivity index (χ4n) is 2.27. The van der Waals surface area contributed by atoms with Crippen molar-refractivity contribution in [1.29, 1.82) is 0 Å². The number of piperidine rings is 1. The van der Waals surface area contributed by atoms with E-state index in [2.05, 4.69) is 28.1 Å². The summed E-state index contributed by atoms with van der Waals surface area (Å²) in [6.07, 6.45) is 3.25. The van der Waals surface area contributed by atoms with Gasteiger partial charge in [0, 0.05) is 24.5 Å². The Labute approximate surface area is 100 Å². The highest BCUT2D eigenvalue weighted by molar-refractivity contribution is 7.09. The van der Waals surface area contributed by atoms with Crippen LogP contribution < -0.4 is 4.90 Å². The summed E-state index contributed by atoms with van der Waals surface area (Å²) in [7, 11) is 0. The molecule has 1 aliphatic heterocycles. The smallest absolute Gasteiger partial charge is 0.205 e. The number of hydrogen-bond acceptors (Lipinski definition) is 5. The molecule has 0 aliphatic carbocycles. The maximum Gasteiger partial charge on any atom is 0.205 e. The summed E-state index contributed by atoms with van der Waals surface area (Å²) in [6.45, 7) is 5.47. The maximum absolute atomic E-state index is 9.47. The van der Waals surface area contributed by atoms with Crippen LogP contribution in [0.5, 0.6) is 0 Å². The first-order valence-electron chi connectivity index (χ1n) is 5.96. The van der Waals surface area contributed by atoms with E-state index < -0.39 is 0 Å². The molecule has 4 nitrogen and oxygen atoms in total. The topological polar surface area (TPSA) is 49.2 Å². The van der Waals surface area contributed by atoms with Gasteiger partial charge in [-0.25, -0.2) is 4.98 Å². The minimum Gasteiger partial charge on any atom is -0.394 e. The van der Waals surface area contributed by atoms with Crippen LogP contribution in [0.1, 0.15) is 32.5 Å². The number of aliphatic hydroxyl groups excluding tert-OH is 1. The fourth-order valence-corrected chi connectivity index (χ4v) is 3.10. The molecule has 0 bridgehead atoms. The maximum atomic E-state index is 9.47. The van der Waals surface area contributed by atoms with E-state index in [0.29, 0.717) is 5.92 Å². The molecule has 2 heterocycles. The van der Waals surface area contributed by atoms with Crippen molar-refractivity contribution in [2.24, 2.45) is 5.92 Å². The summed E-state index contributed by atoms with van der Waals surface area (Å²) in [4.78, 5) is 6.73. The summed E-state index contributed by atoms with van der Waals surface area (Å²) >= 11 is 1.46. The van der Waals surface area contributed by atoms with Crippen LogP contribution in [0.15, 0.2) is 0 Å². The predicted octanol–water partition coefficient (Wildman–Crippen LogP) is 1.70. The van der Waals surface area contributed by atoms with Crippen molar-refractivity contribution in [2.75, 3.05) is 18.1 Å². The van der Waals surface area contributed by atoms with Crippen molar-refractivity contribution in [3.05, 3.63) is 5.82 Å². The number of nitrogens with zero attached hydrogens (tertiary/aromatic N) is 3. The molecule has 0 saturated carbocycles. The van der Waals surface area contributed by atoms with Crippen molar-refractivity contribution in [3.63, 3.8) is 0 Å². The second-order valence-corrected chi connectivity index (χ2v) is 5.14. The average Bonchev–Trinajstić information content (AvgIpc) is 2.77. The van der Waals surface area contributed by atoms with Crippen LogP contribution in [-0.2, 0) is 6.42 Å². The summed E-state index contributed by atoms with van der Waals surface area (Å²) in [5.74, 6) is 1.45. The molecule has 0 aromatic carbocycles. The van der Waals surface area contributed by atoms with Gasteiger partial charge in [-0.2, -0.15) is 4.37 Å². The van der Waals surface area contributed by atoms with Crippen molar-refractivity contribution in [1.82, 2.24) is 9.36 Å². The van der Waals surface area contributed by atoms with Crippen molar-refractivity contribution < 1.29 is 5.11 Å². The average molecular weight is 241 g/mol. The molecule has 1 aromatic heterocycles. The number of aryl methyl sites for hydroxylation is 1. The Morgan fingerprint density at radius 1 is 1.56 bits per heavy atom. The third-order valence-electron chi connectivity index (χ3n) is 3.32. The molecule has 1 fully saturated rings. The molecular weight excluding hydrogens is 222 g/mol. The summed E-state index contributed by atoms with van der Waals surface area (Å²) in [5.41, 5.74) is 0. The lowest BCUT2D eigenvalue weighted by Gasteiger charge is -2.38. The largest absolute Gasteiger partial charge is 0.394 e. The summed E-state index contributed by atoms with van der Waals surface area (Å²) < 4.78 is 4.31. The highest BCUT2D eigenvalue weighted by Gasteiger charge is 2.29. The lowest BCUT2D eigenvalue weighted by molar-refractivity contribution is 0.203. The Bertz CT molecular complexity index is 342. The van der Waals surface area contributed by atoms with Gasteiger partial charge in [0.15, 0.2) is 0 Å². The second-order valence-electron chi connectivity index (χ2n) is 4.41. The molecule has 0 amide bonds. The lowest BCUT2D eigenvalue weighted by Crippen LogP contribution is -2.46. The third kappa shape index (κ3) is 2.20. The van der Waals surface area contributed by atoms with Crippen molar-refractivity contribution in [2.45, 2.75) is 39.2 Å². The molecule has 0 unspecified atom stereocenters. The molecule has 0 radical (unpaired) electrons. The Morgan fingerprint density at radius 2 is 2.38 bits per heavy atom. The molecule has 1 saturated heterocycles. The Balaban J connectivity index is 2.17. The zero-order chi connectivity index (χ0) is 11.5. The van der Waals surface area contributed by atoms with Gasteiger partial charge in [0.1, 0.15) is 5.82 Å². The number of aliphatic hydroxyl groups is 1. The van der Waals surface area contributed by atoms with Crippen LogP contribution >= 0.6 is 11.5 Å². The van der Waals surface area contributed by atoms with E-state index in [-0.39, 0.29) is 12.6 Å². The van der Waals surface area contributed by atoms with Gasteiger partial charge in [-0.05, 0) is 18.8 Å². The zero-order valence-electron chi connectivity index (χ0n) is 9.89. The van der Waals surface area contributed by atoms with Gasteiger partial charge < -0.3 is 10.0 Å². The van der Waals surface area contributed by atoms with E-state index in [1.54, 1.807) is 0 Å². The Morgan fingerprint density at radius 3 is 3.00 bits per heavy atom. The first-order chi connectivity index (χ1) is 7.76. The van der Waals surface area contributed by atoms with E-state index in [1.165, 1.54) is 24.4 Å². The number of hydrogen-bond donors (Lipinski definition) is 1. The predicted molar refractivity (Wildman–Crippen MR) is 65.9 cm³/mol. The van der Waals surface area contributed by atoms with Crippen LogP contribution in [-0.4, -0.2) is 33.7 Å². The van der Waals surface area contributed by atoms with Crippen LogP contribution in [0.4, 0.5) is 5.13 Å². The number of anilines is 1. The normalized spacial score (nSPS) is 26.1. The Kier molecular flexibility index (Phi) is 3.76. The standard InChI is InChI=1S/C11H19N3OS/c1-3-10-12-11(16-13-10)14-6-4-5-8(2)9(14)7-15/h8-9,15H,3-7H2,1-2H3/t8-,9-/m1/s1. The highest BCUT2D eigenvalue weighted by Crippen LogP contribution is 2.29. The molecule has 2 rings (SSSR count). The van der Waals surface area contributed by atoms with Crippen molar-refractivity contribution in [3.8, 4) is 0 Å². The minimum atomic E-state index is 0.211. The number of aromatic nitrogens is 2. The molecule has 0 spiro atoms. The van der Waals surface area contributed by atoms with Gasteiger partial charge in [-0.1, -0.05) is 13.8 Å². The summed E-state index contributed by atoms with van der Waals surface area (Å²) in [5, 5.41) is 10.4. The lowest BCUT2D eigenvalue weighted by atomic mass is 9.92. The highest BCUT2D eigenvalue weighted by atomic mass is 32.1. The van der Waals surface area contributed by atoms with E-state index in [0.717, 1.165) is 23.9 Å². The fraction of sp³-hybridized carbons (Fsp3) is 0.818. The van der Waals surface area contributed by atoms with Crippen LogP contribution in [0, 0.1) is 5.92 Å². The SMILES string of the molecule is CCc1nsc(N2CCC[C@@H](C)[C@H]2CO)n1. The quantitative estimate of drug-likeness (QED) is 0.875. The van der Waals surface area contributed by atoms with Gasteiger partial charge >= 0.3 is 0 Å². The molecular formula is C11H19N3OS. The minimum absolute atomic E-state index is 0.211. The molecule has 90 valence electrons. The van der Waals surface area contributed by atoms with E-state index in [1.807, 2.05) is 0 Å². The third-order valence-corrected chi connectivity index (χ3v) is 4.11. The van der Waals surface area contributed by atoms with Gasteiger partial charge in [-0.3, -0.25) is 0 Å². The van der Waals surface area contributed by atoms with Gasteiger partial charge in [0.2, 0.25) is 5.13 Å². The molecule has 16 heavy (non-hydrogen) atoms. The number of rotatable bonds is 3. The van der Waals surface area contributed by atoms with Gasteiger partial charge in [-0.15, -0.1) is 0 Å². The first-order valence-corrected chi connectivity index (χ1v) is 6.73. The zero-order valence-corrected chi connectivity index (χ0v) is 10.7. The van der Waals surface area contributed by atoms with Gasteiger partial charge in [0.05, 0.1) is 12.6 Å². The molecule has 1 N–H and O–H groups in total.